The smallest absolute Gasteiger partial charge is 0.294 e. The third kappa shape index (κ3) is 2.99. The Morgan fingerprint density at radius 3 is 2.82 bits per heavy atom. The maximum atomic E-state index is 12.4. The van der Waals surface area contributed by atoms with Crippen molar-refractivity contribution in [2.45, 2.75) is 12.6 Å². The first-order valence-electron chi connectivity index (χ1n) is 9.15. The van der Waals surface area contributed by atoms with E-state index in [0.717, 1.165) is 16.9 Å². The van der Waals surface area contributed by atoms with Crippen molar-refractivity contribution in [1.82, 2.24) is 14.9 Å². The number of fused-ring (bicyclic) bond motifs is 4. The highest BCUT2D eigenvalue weighted by atomic mass is 16.6. The van der Waals surface area contributed by atoms with Crippen LogP contribution in [0, 0.1) is 0 Å². The number of nitrogens with zero attached hydrogens (tertiary/aromatic N) is 2. The highest BCUT2D eigenvalue weighted by Gasteiger charge is 2.22. The second kappa shape index (κ2) is 6.69. The zero-order valence-electron chi connectivity index (χ0n) is 15.3. The van der Waals surface area contributed by atoms with E-state index in [1.54, 1.807) is 0 Å². The molecule has 7 heteroatoms. The number of hydrogen-bond donors (Lipinski definition) is 1. The van der Waals surface area contributed by atoms with E-state index in [0.29, 0.717) is 36.6 Å². The largest absolute Gasteiger partial charge is 0.486 e. The Morgan fingerprint density at radius 2 is 1.93 bits per heavy atom. The van der Waals surface area contributed by atoms with Crippen molar-refractivity contribution in [1.29, 1.82) is 0 Å². The Labute approximate surface area is 160 Å². The third-order valence-electron chi connectivity index (χ3n) is 4.78. The van der Waals surface area contributed by atoms with Crippen LogP contribution in [0.3, 0.4) is 0 Å². The summed E-state index contributed by atoms with van der Waals surface area (Å²) in [5, 5.41) is 0.841. The van der Waals surface area contributed by atoms with Gasteiger partial charge in [0.15, 0.2) is 11.5 Å². The SMILES string of the molecule is CN(Cc1nc2c(oc3ccccc32)c(=O)[nH]1)C[C@H]1COc2ccccc2O1. The molecule has 4 aromatic rings. The van der Waals surface area contributed by atoms with Gasteiger partial charge in [-0.25, -0.2) is 4.98 Å². The van der Waals surface area contributed by atoms with Crippen molar-refractivity contribution in [2.24, 2.45) is 0 Å². The van der Waals surface area contributed by atoms with Gasteiger partial charge in [-0.1, -0.05) is 24.3 Å². The molecule has 0 bridgehead atoms. The fourth-order valence-corrected chi connectivity index (χ4v) is 3.54. The van der Waals surface area contributed by atoms with Gasteiger partial charge in [0.2, 0.25) is 5.58 Å². The first-order chi connectivity index (χ1) is 13.7. The lowest BCUT2D eigenvalue weighted by molar-refractivity contribution is 0.0632. The van der Waals surface area contributed by atoms with Crippen LogP contribution in [0.15, 0.2) is 57.7 Å². The molecule has 1 aliphatic heterocycles. The number of benzene rings is 2. The van der Waals surface area contributed by atoms with Crippen LogP contribution >= 0.6 is 0 Å². The minimum atomic E-state index is -0.268. The molecule has 3 heterocycles. The van der Waals surface area contributed by atoms with E-state index in [1.165, 1.54) is 0 Å². The molecule has 5 rings (SSSR count). The van der Waals surface area contributed by atoms with Crippen molar-refractivity contribution in [2.75, 3.05) is 20.2 Å². The molecule has 0 aliphatic carbocycles. The predicted octanol–water partition coefficient (Wildman–Crippen LogP) is 2.94. The Hall–Kier alpha value is -3.32. The Balaban J connectivity index is 1.35. The quantitative estimate of drug-likeness (QED) is 0.589. The normalized spacial score (nSPS) is 16.1. The van der Waals surface area contributed by atoms with Crippen LogP contribution in [0.5, 0.6) is 11.5 Å². The molecule has 0 saturated carbocycles. The summed E-state index contributed by atoms with van der Waals surface area (Å²) in [7, 11) is 1.96. The second-order valence-corrected chi connectivity index (χ2v) is 6.98. The predicted molar refractivity (Wildman–Crippen MR) is 105 cm³/mol. The molecular formula is C21H19N3O4. The van der Waals surface area contributed by atoms with Gasteiger partial charge in [0.1, 0.15) is 29.6 Å². The van der Waals surface area contributed by atoms with Gasteiger partial charge in [0, 0.05) is 11.9 Å². The van der Waals surface area contributed by atoms with Gasteiger partial charge in [-0.2, -0.15) is 0 Å². The molecule has 0 radical (unpaired) electrons. The standard InChI is InChI=1S/C21H19N3O4/c1-24(10-13-12-26-16-8-4-5-9-17(16)27-13)11-18-22-19-14-6-2-3-7-15(14)28-20(19)21(25)23-18/h2-9,13H,10-12H2,1H3,(H,22,23,25)/t13-/m0/s1. The van der Waals surface area contributed by atoms with Crippen LogP contribution in [0.4, 0.5) is 0 Å². The molecule has 0 saturated heterocycles. The molecule has 28 heavy (non-hydrogen) atoms. The number of ether oxygens (including phenoxy) is 2. The van der Waals surface area contributed by atoms with Crippen LogP contribution in [-0.4, -0.2) is 41.2 Å². The number of hydrogen-bond acceptors (Lipinski definition) is 6. The average molecular weight is 377 g/mol. The maximum Gasteiger partial charge on any atom is 0.294 e. The lowest BCUT2D eigenvalue weighted by Gasteiger charge is -2.29. The van der Waals surface area contributed by atoms with Gasteiger partial charge >= 0.3 is 0 Å². The highest BCUT2D eigenvalue weighted by Crippen LogP contribution is 2.31. The Kier molecular flexibility index (Phi) is 4.02. The summed E-state index contributed by atoms with van der Waals surface area (Å²) >= 11 is 0. The monoisotopic (exact) mass is 377 g/mol. The summed E-state index contributed by atoms with van der Waals surface area (Å²) in [6.07, 6.45) is -0.0925. The number of para-hydroxylation sites is 3. The number of likely N-dealkylation sites (N-methyl/N-ethyl adjacent to an activating group) is 1. The van der Waals surface area contributed by atoms with Crippen LogP contribution in [0.2, 0.25) is 0 Å². The topological polar surface area (TPSA) is 80.6 Å². The second-order valence-electron chi connectivity index (χ2n) is 6.98. The lowest BCUT2D eigenvalue weighted by atomic mass is 10.2. The molecule has 1 atom stereocenters. The van der Waals surface area contributed by atoms with E-state index in [-0.39, 0.29) is 17.2 Å². The van der Waals surface area contributed by atoms with E-state index in [1.807, 2.05) is 60.5 Å². The van der Waals surface area contributed by atoms with Crippen LogP contribution < -0.4 is 15.0 Å². The molecule has 2 aromatic carbocycles. The summed E-state index contributed by atoms with van der Waals surface area (Å²) in [5.41, 5.74) is 1.24. The van der Waals surface area contributed by atoms with Gasteiger partial charge in [-0.15, -0.1) is 0 Å². The van der Waals surface area contributed by atoms with E-state index >= 15 is 0 Å². The van der Waals surface area contributed by atoms with Gasteiger partial charge in [0.25, 0.3) is 5.56 Å². The van der Waals surface area contributed by atoms with Crippen molar-refractivity contribution < 1.29 is 13.9 Å². The van der Waals surface area contributed by atoms with Gasteiger partial charge < -0.3 is 18.9 Å². The van der Waals surface area contributed by atoms with Gasteiger partial charge in [0.05, 0.1) is 6.54 Å². The van der Waals surface area contributed by atoms with E-state index in [9.17, 15) is 4.79 Å². The first kappa shape index (κ1) is 16.8. The van der Waals surface area contributed by atoms with E-state index < -0.39 is 0 Å². The zero-order chi connectivity index (χ0) is 19.1. The van der Waals surface area contributed by atoms with Gasteiger partial charge in [-0.3, -0.25) is 9.69 Å². The summed E-state index contributed by atoms with van der Waals surface area (Å²) in [5.74, 6) is 2.11. The highest BCUT2D eigenvalue weighted by molar-refractivity contribution is 6.01. The molecule has 1 N–H and O–H groups in total. The molecule has 7 nitrogen and oxygen atoms in total. The number of aromatic amines is 1. The Morgan fingerprint density at radius 1 is 1.14 bits per heavy atom. The van der Waals surface area contributed by atoms with Crippen LogP contribution in [0.1, 0.15) is 5.82 Å². The number of aromatic nitrogens is 2. The van der Waals surface area contributed by atoms with Crippen LogP contribution in [-0.2, 0) is 6.54 Å². The lowest BCUT2D eigenvalue weighted by Crippen LogP contribution is -2.39. The molecular weight excluding hydrogens is 358 g/mol. The van der Waals surface area contributed by atoms with Crippen molar-refractivity contribution in [3.05, 3.63) is 64.7 Å². The summed E-state index contributed by atoms with van der Waals surface area (Å²) in [4.78, 5) is 21.9. The fraction of sp³-hybridized carbons (Fsp3) is 0.238. The minimum Gasteiger partial charge on any atom is -0.486 e. The van der Waals surface area contributed by atoms with Gasteiger partial charge in [-0.05, 0) is 31.3 Å². The fourth-order valence-electron chi connectivity index (χ4n) is 3.54. The molecule has 1 aliphatic rings. The number of furan rings is 1. The van der Waals surface area contributed by atoms with Crippen molar-refractivity contribution in [3.63, 3.8) is 0 Å². The summed E-state index contributed by atoms with van der Waals surface area (Å²) in [6, 6.07) is 15.2. The number of nitrogens with one attached hydrogen (secondary N) is 1. The van der Waals surface area contributed by atoms with Crippen molar-refractivity contribution in [3.8, 4) is 11.5 Å². The molecule has 0 spiro atoms. The maximum absolute atomic E-state index is 12.4. The van der Waals surface area contributed by atoms with Crippen LogP contribution in [0.25, 0.3) is 22.1 Å². The molecule has 0 amide bonds. The summed E-state index contributed by atoms with van der Waals surface area (Å²) < 4.78 is 17.4. The molecule has 142 valence electrons. The number of H-pyrrole nitrogens is 1. The zero-order valence-corrected chi connectivity index (χ0v) is 15.3. The molecule has 0 fully saturated rings. The van der Waals surface area contributed by atoms with E-state index in [4.69, 9.17) is 13.9 Å². The first-order valence-corrected chi connectivity index (χ1v) is 9.15. The van der Waals surface area contributed by atoms with E-state index in [2.05, 4.69) is 9.97 Å². The number of rotatable bonds is 4. The van der Waals surface area contributed by atoms with Crippen molar-refractivity contribution >= 4 is 22.1 Å². The molecule has 0 unspecified atom stereocenters. The summed E-state index contributed by atoms with van der Waals surface area (Å²) in [6.45, 7) is 1.60. The average Bonchev–Trinajstić information content (AvgIpc) is 3.07. The molecule has 2 aromatic heterocycles. The minimum absolute atomic E-state index is 0.0925. The Bertz CT molecular complexity index is 1210. The third-order valence-corrected chi connectivity index (χ3v) is 4.78.